The van der Waals surface area contributed by atoms with Gasteiger partial charge in [0, 0.05) is 10.5 Å². The Hall–Kier alpha value is -0.340. The largest absolute Gasteiger partial charge is 0.313 e. The fourth-order valence-electron chi connectivity index (χ4n) is 2.20. The zero-order valence-electron chi connectivity index (χ0n) is 10.6. The van der Waals surface area contributed by atoms with Gasteiger partial charge in [-0.15, -0.1) is 0 Å². The third-order valence-corrected chi connectivity index (χ3v) is 3.62. The molecule has 0 aliphatic carbocycles. The lowest BCUT2D eigenvalue weighted by Gasteiger charge is -2.28. The highest BCUT2D eigenvalue weighted by Gasteiger charge is 2.20. The minimum absolute atomic E-state index is 0.547. The molecule has 2 atom stereocenters. The Morgan fingerprint density at radius 1 is 1.12 bits per heavy atom. The Bertz CT molecular complexity index is 305. The molecule has 1 nitrogen and oxygen atoms in total. The van der Waals surface area contributed by atoms with E-state index in [4.69, 9.17) is 0 Å². The molecule has 1 rings (SSSR count). The monoisotopic (exact) mass is 283 g/mol. The molecule has 0 aliphatic rings. The first kappa shape index (κ1) is 13.7. The molecule has 2 unspecified atom stereocenters. The van der Waals surface area contributed by atoms with Crippen LogP contribution < -0.4 is 5.32 Å². The molecule has 0 heterocycles. The zero-order valence-corrected chi connectivity index (χ0v) is 12.2. The van der Waals surface area contributed by atoms with Crippen molar-refractivity contribution in [2.24, 2.45) is 5.92 Å². The number of hydrogen-bond donors (Lipinski definition) is 1. The number of halogens is 1. The predicted octanol–water partition coefficient (Wildman–Crippen LogP) is 4.19. The first-order valence-electron chi connectivity index (χ1n) is 6.05. The fraction of sp³-hybridized carbons (Fsp3) is 0.571. The molecule has 90 valence electrons. The van der Waals surface area contributed by atoms with Gasteiger partial charge in [-0.25, -0.2) is 0 Å². The van der Waals surface area contributed by atoms with Crippen molar-refractivity contribution in [3.63, 3.8) is 0 Å². The van der Waals surface area contributed by atoms with E-state index in [1.54, 1.807) is 0 Å². The van der Waals surface area contributed by atoms with Crippen LogP contribution in [0.1, 0.15) is 39.2 Å². The van der Waals surface area contributed by atoms with Crippen molar-refractivity contribution in [3.05, 3.63) is 34.3 Å². The highest BCUT2D eigenvalue weighted by molar-refractivity contribution is 9.10. The summed E-state index contributed by atoms with van der Waals surface area (Å²) in [5.74, 6) is 1.20. The van der Waals surface area contributed by atoms with E-state index in [0.717, 1.165) is 11.0 Å². The summed E-state index contributed by atoms with van der Waals surface area (Å²) < 4.78 is 1.15. The summed E-state index contributed by atoms with van der Waals surface area (Å²) in [7, 11) is 0. The number of benzene rings is 1. The van der Waals surface area contributed by atoms with E-state index < -0.39 is 0 Å². The molecule has 1 aromatic carbocycles. The fourth-order valence-corrected chi connectivity index (χ4v) is 2.46. The van der Waals surface area contributed by atoms with Crippen LogP contribution in [0.4, 0.5) is 0 Å². The molecule has 0 saturated carbocycles. The van der Waals surface area contributed by atoms with E-state index in [-0.39, 0.29) is 0 Å². The Kier molecular flexibility index (Phi) is 5.50. The van der Waals surface area contributed by atoms with Crippen LogP contribution in [0.3, 0.4) is 0 Å². The van der Waals surface area contributed by atoms with Crippen molar-refractivity contribution < 1.29 is 0 Å². The van der Waals surface area contributed by atoms with Crippen LogP contribution >= 0.6 is 15.9 Å². The maximum absolute atomic E-state index is 3.58. The second-order valence-electron chi connectivity index (χ2n) is 4.67. The molecule has 1 aromatic rings. The summed E-state index contributed by atoms with van der Waals surface area (Å²) in [6, 6.07) is 9.21. The third-order valence-electron chi connectivity index (χ3n) is 3.09. The van der Waals surface area contributed by atoms with Crippen LogP contribution in [0.15, 0.2) is 28.7 Å². The van der Waals surface area contributed by atoms with Crippen LogP contribution in [0, 0.1) is 5.92 Å². The summed E-state index contributed by atoms with van der Waals surface area (Å²) in [5.41, 5.74) is 1.41. The summed E-state index contributed by atoms with van der Waals surface area (Å²) in [6.45, 7) is 10.1. The highest BCUT2D eigenvalue weighted by Crippen LogP contribution is 2.25. The van der Waals surface area contributed by atoms with Gasteiger partial charge in [-0.05, 0) is 36.1 Å². The van der Waals surface area contributed by atoms with Crippen LogP contribution in [0.5, 0.6) is 0 Å². The van der Waals surface area contributed by atoms with Crippen LogP contribution in [-0.4, -0.2) is 12.6 Å². The van der Waals surface area contributed by atoms with Gasteiger partial charge in [0.15, 0.2) is 0 Å². The standard InChI is InChI=1S/C14H22BrN/c1-5-16-14(10(2)3)11(4)12-6-8-13(15)9-7-12/h6-11,14,16H,5H2,1-4H3. The smallest absolute Gasteiger partial charge is 0.0175 e. The summed E-state index contributed by atoms with van der Waals surface area (Å²) in [4.78, 5) is 0. The molecule has 2 heteroatoms. The Morgan fingerprint density at radius 3 is 2.12 bits per heavy atom. The molecular formula is C14H22BrN. The SMILES string of the molecule is CCNC(C(C)C)C(C)c1ccc(Br)cc1. The lowest BCUT2D eigenvalue weighted by Crippen LogP contribution is -2.38. The van der Waals surface area contributed by atoms with Gasteiger partial charge in [-0.1, -0.05) is 55.8 Å². The van der Waals surface area contributed by atoms with Gasteiger partial charge in [0.05, 0.1) is 0 Å². The minimum atomic E-state index is 0.547. The quantitative estimate of drug-likeness (QED) is 0.855. The molecule has 0 bridgehead atoms. The lowest BCUT2D eigenvalue weighted by molar-refractivity contribution is 0.360. The predicted molar refractivity (Wildman–Crippen MR) is 74.9 cm³/mol. The van der Waals surface area contributed by atoms with Crippen molar-refractivity contribution in [1.29, 1.82) is 0 Å². The second kappa shape index (κ2) is 6.41. The Balaban J connectivity index is 2.81. The molecule has 0 fully saturated rings. The molecule has 16 heavy (non-hydrogen) atoms. The average molecular weight is 284 g/mol. The van der Waals surface area contributed by atoms with Crippen LogP contribution in [0.25, 0.3) is 0 Å². The normalized spacial score (nSPS) is 15.1. The molecule has 0 radical (unpaired) electrons. The summed E-state index contributed by atoms with van der Waals surface area (Å²) in [5, 5.41) is 3.58. The van der Waals surface area contributed by atoms with Gasteiger partial charge < -0.3 is 5.32 Å². The van der Waals surface area contributed by atoms with Crippen LogP contribution in [-0.2, 0) is 0 Å². The van der Waals surface area contributed by atoms with E-state index in [1.807, 2.05) is 0 Å². The summed E-state index contributed by atoms with van der Waals surface area (Å²) >= 11 is 3.48. The van der Waals surface area contributed by atoms with Gasteiger partial charge in [-0.3, -0.25) is 0 Å². The van der Waals surface area contributed by atoms with Gasteiger partial charge >= 0.3 is 0 Å². The van der Waals surface area contributed by atoms with E-state index in [1.165, 1.54) is 5.56 Å². The third kappa shape index (κ3) is 3.60. The molecule has 0 aromatic heterocycles. The van der Waals surface area contributed by atoms with E-state index in [9.17, 15) is 0 Å². The van der Waals surface area contributed by atoms with Crippen molar-refractivity contribution in [3.8, 4) is 0 Å². The number of nitrogens with one attached hydrogen (secondary N) is 1. The second-order valence-corrected chi connectivity index (χ2v) is 5.58. The van der Waals surface area contributed by atoms with Gasteiger partial charge in [0.25, 0.3) is 0 Å². The van der Waals surface area contributed by atoms with Gasteiger partial charge in [0.1, 0.15) is 0 Å². The topological polar surface area (TPSA) is 12.0 Å². The van der Waals surface area contributed by atoms with Gasteiger partial charge in [-0.2, -0.15) is 0 Å². The van der Waals surface area contributed by atoms with Crippen LogP contribution in [0.2, 0.25) is 0 Å². The maximum Gasteiger partial charge on any atom is 0.0175 e. The minimum Gasteiger partial charge on any atom is -0.313 e. The van der Waals surface area contributed by atoms with Crippen molar-refractivity contribution in [2.45, 2.75) is 39.7 Å². The Morgan fingerprint density at radius 2 is 1.69 bits per heavy atom. The number of rotatable bonds is 5. The van der Waals surface area contributed by atoms with E-state index >= 15 is 0 Å². The molecule has 0 spiro atoms. The van der Waals surface area contributed by atoms with E-state index in [2.05, 4.69) is 73.2 Å². The first-order valence-corrected chi connectivity index (χ1v) is 6.84. The first-order chi connectivity index (χ1) is 7.56. The van der Waals surface area contributed by atoms with Crippen molar-refractivity contribution in [1.82, 2.24) is 5.32 Å². The maximum atomic E-state index is 3.58. The van der Waals surface area contributed by atoms with Gasteiger partial charge in [0.2, 0.25) is 0 Å². The Labute approximate surface area is 108 Å². The summed E-state index contributed by atoms with van der Waals surface area (Å²) in [6.07, 6.45) is 0. The van der Waals surface area contributed by atoms with E-state index in [0.29, 0.717) is 17.9 Å². The molecule has 0 saturated heterocycles. The molecule has 1 N–H and O–H groups in total. The average Bonchev–Trinajstić information content (AvgIpc) is 2.25. The lowest BCUT2D eigenvalue weighted by atomic mass is 9.86. The van der Waals surface area contributed by atoms with Crippen molar-refractivity contribution in [2.75, 3.05) is 6.54 Å². The van der Waals surface area contributed by atoms with Crippen molar-refractivity contribution >= 4 is 15.9 Å². The zero-order chi connectivity index (χ0) is 12.1. The molecule has 0 aliphatic heterocycles. The highest BCUT2D eigenvalue weighted by atomic mass is 79.9. The molecule has 0 amide bonds. The number of likely N-dealkylation sites (N-methyl/N-ethyl adjacent to an activating group) is 1. The number of hydrogen-bond acceptors (Lipinski definition) is 1. The molecular weight excluding hydrogens is 262 g/mol.